The Morgan fingerprint density at radius 2 is 1.43 bits per heavy atom. The molecule has 0 radical (unpaired) electrons. The van der Waals surface area contributed by atoms with Gasteiger partial charge in [-0.25, -0.2) is 4.68 Å². The Labute approximate surface area is 211 Å². The largest absolute Gasteiger partial charge is 0.328 e. The molecule has 0 bridgehead atoms. The molecule has 0 atom stereocenters. The highest BCUT2D eigenvalue weighted by Gasteiger charge is 2.21. The molecular weight excluding hydrogens is 508 g/mol. The van der Waals surface area contributed by atoms with Crippen molar-refractivity contribution >= 4 is 55.9 Å². The van der Waals surface area contributed by atoms with E-state index in [1.165, 1.54) is 4.68 Å². The van der Waals surface area contributed by atoms with Crippen LogP contribution in [0.15, 0.2) is 83.3 Å². The lowest BCUT2D eigenvalue weighted by Gasteiger charge is -2.19. The molecule has 0 fully saturated rings. The molecule has 0 aliphatic rings. The predicted octanol–water partition coefficient (Wildman–Crippen LogP) is 5.66. The molecule has 3 amide bonds. The Balaban J connectivity index is 1.57. The number of carbonyl (C=O) groups excluding carboxylic acids is 3. The van der Waals surface area contributed by atoms with E-state index in [-0.39, 0.29) is 11.1 Å². The molecule has 178 valence electrons. The van der Waals surface area contributed by atoms with Crippen molar-refractivity contribution in [1.82, 2.24) is 4.68 Å². The summed E-state index contributed by atoms with van der Waals surface area (Å²) in [6.07, 6.45) is 0. The fraction of sp³-hybridized carbons (Fsp3) is 0.148. The van der Waals surface area contributed by atoms with Gasteiger partial charge in [0.1, 0.15) is 5.69 Å². The number of anilines is 2. The summed E-state index contributed by atoms with van der Waals surface area (Å²) in [5, 5.41) is 6.14. The molecule has 4 aromatic rings. The van der Waals surface area contributed by atoms with Gasteiger partial charge < -0.3 is 10.6 Å². The summed E-state index contributed by atoms with van der Waals surface area (Å²) in [6, 6.07) is 23.4. The van der Waals surface area contributed by atoms with Crippen molar-refractivity contribution in [2.75, 3.05) is 16.1 Å². The first kappa shape index (κ1) is 24.2. The number of carbonyl (C=O) groups is 3. The minimum absolute atomic E-state index is 0.0267. The number of rotatable bonds is 4. The van der Waals surface area contributed by atoms with Crippen molar-refractivity contribution in [3.63, 3.8) is 0 Å². The minimum Gasteiger partial charge on any atom is -0.321 e. The molecule has 0 aliphatic carbocycles. The smallest absolute Gasteiger partial charge is 0.321 e. The highest BCUT2D eigenvalue weighted by Crippen LogP contribution is 2.25. The number of para-hydroxylation sites is 1. The van der Waals surface area contributed by atoms with Gasteiger partial charge in [0.05, 0.1) is 5.52 Å². The molecule has 0 aliphatic heterocycles. The maximum Gasteiger partial charge on any atom is 0.328 e. The summed E-state index contributed by atoms with van der Waals surface area (Å²) < 4.78 is 2.14. The number of nitrogens with one attached hydrogen (secondary N) is 3. The molecule has 7 nitrogen and oxygen atoms in total. The molecule has 0 unspecified atom stereocenters. The molecule has 3 N–H and O–H groups in total. The van der Waals surface area contributed by atoms with Gasteiger partial charge in [-0.05, 0) is 59.5 Å². The first-order valence-corrected chi connectivity index (χ1v) is 11.8. The minimum atomic E-state index is -0.904. The van der Waals surface area contributed by atoms with Crippen LogP contribution in [0.2, 0.25) is 0 Å². The molecule has 35 heavy (non-hydrogen) atoms. The number of fused-ring (bicyclic) bond motifs is 1. The number of halogens is 1. The average molecular weight is 533 g/mol. The summed E-state index contributed by atoms with van der Waals surface area (Å²) in [5.74, 6) is -2.18. The van der Waals surface area contributed by atoms with Crippen LogP contribution in [0.1, 0.15) is 36.8 Å². The zero-order chi connectivity index (χ0) is 25.2. The zero-order valence-corrected chi connectivity index (χ0v) is 21.1. The number of hydrogen-bond acceptors (Lipinski definition) is 3. The second kappa shape index (κ2) is 9.76. The van der Waals surface area contributed by atoms with Gasteiger partial charge in [-0.1, -0.05) is 67.0 Å². The van der Waals surface area contributed by atoms with Gasteiger partial charge in [0.2, 0.25) is 0 Å². The van der Waals surface area contributed by atoms with E-state index < -0.39 is 17.7 Å². The molecular formula is C27H25BrN4O3. The molecule has 1 aromatic heterocycles. The number of hydrogen-bond donors (Lipinski definition) is 3. The highest BCUT2D eigenvalue weighted by atomic mass is 79.9. The lowest BCUT2D eigenvalue weighted by atomic mass is 9.87. The fourth-order valence-corrected chi connectivity index (χ4v) is 3.96. The van der Waals surface area contributed by atoms with E-state index in [1.54, 1.807) is 42.5 Å². The lowest BCUT2D eigenvalue weighted by Crippen LogP contribution is -2.36. The number of nitrogens with zero attached hydrogens (tertiary/aromatic N) is 1. The van der Waals surface area contributed by atoms with Crippen molar-refractivity contribution < 1.29 is 14.4 Å². The van der Waals surface area contributed by atoms with Gasteiger partial charge in [-0.15, -0.1) is 0 Å². The summed E-state index contributed by atoms with van der Waals surface area (Å²) in [4.78, 5) is 38.5. The van der Waals surface area contributed by atoms with Crippen molar-refractivity contribution in [1.29, 1.82) is 0 Å². The maximum absolute atomic E-state index is 13.0. The van der Waals surface area contributed by atoms with Crippen molar-refractivity contribution in [3.05, 3.63) is 94.6 Å². The number of benzene rings is 3. The SMILES string of the molecule is CC(C)(C)c1ccc(NC(=O)C(=O)Nn2c(C(=O)Nc3ccccc3)cc3cc(Br)ccc32)cc1. The summed E-state index contributed by atoms with van der Waals surface area (Å²) in [6.45, 7) is 6.29. The van der Waals surface area contributed by atoms with Crippen LogP contribution in [0, 0.1) is 0 Å². The van der Waals surface area contributed by atoms with Crippen LogP contribution in [-0.2, 0) is 15.0 Å². The second-order valence-corrected chi connectivity index (χ2v) is 10.0. The molecule has 0 saturated heterocycles. The van der Waals surface area contributed by atoms with Crippen LogP contribution < -0.4 is 16.1 Å². The third-order valence-corrected chi connectivity index (χ3v) is 5.95. The van der Waals surface area contributed by atoms with Gasteiger partial charge >= 0.3 is 11.8 Å². The standard InChI is InChI=1S/C27H25BrN4O3/c1-27(2,3)18-9-12-21(13-10-18)30-25(34)26(35)31-32-22-14-11-19(28)15-17(22)16-23(32)24(33)29-20-7-5-4-6-8-20/h4-16H,1-3H3,(H,29,33)(H,30,34)(H,31,35). The monoisotopic (exact) mass is 532 g/mol. The van der Waals surface area contributed by atoms with Crippen molar-refractivity contribution in [3.8, 4) is 0 Å². The van der Waals surface area contributed by atoms with Crippen molar-refractivity contribution in [2.45, 2.75) is 26.2 Å². The quantitative estimate of drug-likeness (QED) is 0.296. The van der Waals surface area contributed by atoms with Crippen LogP contribution in [0.5, 0.6) is 0 Å². The van der Waals surface area contributed by atoms with Crippen molar-refractivity contribution in [2.24, 2.45) is 0 Å². The molecule has 4 rings (SSSR count). The normalized spacial score (nSPS) is 11.2. The van der Waals surface area contributed by atoms with Crippen LogP contribution in [0.4, 0.5) is 11.4 Å². The molecule has 0 saturated carbocycles. The van der Waals surface area contributed by atoms with Gasteiger partial charge in [0.25, 0.3) is 5.91 Å². The van der Waals surface area contributed by atoms with Crippen LogP contribution in [0.25, 0.3) is 10.9 Å². The lowest BCUT2D eigenvalue weighted by molar-refractivity contribution is -0.133. The van der Waals surface area contributed by atoms with E-state index in [9.17, 15) is 14.4 Å². The van der Waals surface area contributed by atoms with E-state index in [0.717, 1.165) is 15.4 Å². The van der Waals surface area contributed by atoms with E-state index in [2.05, 4.69) is 52.8 Å². The van der Waals surface area contributed by atoms with Gasteiger partial charge in [-0.2, -0.15) is 0 Å². The zero-order valence-electron chi connectivity index (χ0n) is 19.6. The Hall–Kier alpha value is -3.91. The van der Waals surface area contributed by atoms with Crippen LogP contribution in [-0.4, -0.2) is 22.4 Å². The third-order valence-electron chi connectivity index (χ3n) is 5.46. The predicted molar refractivity (Wildman–Crippen MR) is 142 cm³/mol. The van der Waals surface area contributed by atoms with E-state index >= 15 is 0 Å². The summed E-state index contributed by atoms with van der Waals surface area (Å²) in [7, 11) is 0. The number of amides is 3. The van der Waals surface area contributed by atoms with Crippen LogP contribution in [0.3, 0.4) is 0 Å². The highest BCUT2D eigenvalue weighted by molar-refractivity contribution is 9.10. The average Bonchev–Trinajstić information content (AvgIpc) is 3.16. The molecule has 0 spiro atoms. The second-order valence-electron chi connectivity index (χ2n) is 9.11. The number of aromatic nitrogens is 1. The third kappa shape index (κ3) is 5.60. The first-order valence-electron chi connectivity index (χ1n) is 11.0. The Kier molecular flexibility index (Phi) is 6.75. The Morgan fingerprint density at radius 1 is 0.771 bits per heavy atom. The molecule has 8 heteroatoms. The van der Waals surface area contributed by atoms with E-state index in [4.69, 9.17) is 0 Å². The molecule has 3 aromatic carbocycles. The van der Waals surface area contributed by atoms with Gasteiger partial charge in [0.15, 0.2) is 0 Å². The molecule has 1 heterocycles. The Morgan fingerprint density at radius 3 is 2.09 bits per heavy atom. The first-order chi connectivity index (χ1) is 16.6. The topological polar surface area (TPSA) is 92.2 Å². The maximum atomic E-state index is 13.0. The summed E-state index contributed by atoms with van der Waals surface area (Å²) in [5.41, 5.74) is 5.51. The van der Waals surface area contributed by atoms with Gasteiger partial charge in [0, 0.05) is 21.2 Å². The van der Waals surface area contributed by atoms with E-state index in [1.807, 2.05) is 36.4 Å². The van der Waals surface area contributed by atoms with Gasteiger partial charge in [-0.3, -0.25) is 19.8 Å². The van der Waals surface area contributed by atoms with E-state index in [0.29, 0.717) is 16.9 Å². The Bertz CT molecular complexity index is 1400. The van der Waals surface area contributed by atoms with Crippen LogP contribution >= 0.6 is 15.9 Å². The fourth-order valence-electron chi connectivity index (χ4n) is 3.58. The summed E-state index contributed by atoms with van der Waals surface area (Å²) >= 11 is 3.42.